The molecule has 0 aliphatic carbocycles. The molecule has 0 spiro atoms. The Balaban J connectivity index is 1.77. The van der Waals surface area contributed by atoms with Crippen molar-refractivity contribution >= 4 is 16.7 Å². The molecule has 1 aromatic heterocycles. The number of aryl methyl sites for hydroxylation is 1. The molecule has 4 aromatic rings. The van der Waals surface area contributed by atoms with Gasteiger partial charge in [0.25, 0.3) is 0 Å². The van der Waals surface area contributed by atoms with Crippen LogP contribution in [0.2, 0.25) is 0 Å². The standard InChI is InChI=1S/C22H15F2N3O2/c1-12-2-3-14(21(25)28)9-18(12)13-4-6-17-15(8-13)11-26-27-22(17)29-20-7-5-16(23)10-19(20)24/h2-11H,1H3,(H2,25,28). The van der Waals surface area contributed by atoms with E-state index >= 15 is 0 Å². The van der Waals surface area contributed by atoms with Crippen LogP contribution < -0.4 is 10.5 Å². The van der Waals surface area contributed by atoms with Crippen LogP contribution in [-0.4, -0.2) is 16.1 Å². The summed E-state index contributed by atoms with van der Waals surface area (Å²) in [6.45, 7) is 1.93. The zero-order valence-corrected chi connectivity index (χ0v) is 15.3. The molecule has 0 aliphatic rings. The SMILES string of the molecule is Cc1ccc(C(N)=O)cc1-c1ccc2c(Oc3ccc(F)cc3F)nncc2c1. The van der Waals surface area contributed by atoms with Crippen LogP contribution in [0.4, 0.5) is 8.78 Å². The number of ether oxygens (including phenoxy) is 1. The Labute approximate surface area is 164 Å². The average molecular weight is 391 g/mol. The summed E-state index contributed by atoms with van der Waals surface area (Å²) in [5, 5.41) is 9.16. The summed E-state index contributed by atoms with van der Waals surface area (Å²) in [7, 11) is 0. The van der Waals surface area contributed by atoms with Crippen LogP contribution in [-0.2, 0) is 0 Å². The molecule has 0 bridgehead atoms. The topological polar surface area (TPSA) is 78.1 Å². The number of halogens is 2. The largest absolute Gasteiger partial charge is 0.434 e. The number of primary amides is 1. The third-order valence-electron chi connectivity index (χ3n) is 4.56. The summed E-state index contributed by atoms with van der Waals surface area (Å²) in [6, 6.07) is 13.7. The fourth-order valence-corrected chi connectivity index (χ4v) is 3.05. The first-order valence-electron chi connectivity index (χ1n) is 8.71. The molecular weight excluding hydrogens is 376 g/mol. The van der Waals surface area contributed by atoms with Crippen molar-refractivity contribution in [3.8, 4) is 22.8 Å². The lowest BCUT2D eigenvalue weighted by molar-refractivity contribution is 0.100. The molecule has 4 rings (SSSR count). The summed E-state index contributed by atoms with van der Waals surface area (Å²) in [4.78, 5) is 11.5. The number of rotatable bonds is 4. The highest BCUT2D eigenvalue weighted by molar-refractivity contribution is 5.95. The van der Waals surface area contributed by atoms with Crippen molar-refractivity contribution in [3.05, 3.63) is 83.6 Å². The highest BCUT2D eigenvalue weighted by Crippen LogP contribution is 2.32. The van der Waals surface area contributed by atoms with Gasteiger partial charge in [0.15, 0.2) is 11.6 Å². The number of hydrogen-bond acceptors (Lipinski definition) is 4. The zero-order chi connectivity index (χ0) is 20.5. The van der Waals surface area contributed by atoms with E-state index in [9.17, 15) is 13.6 Å². The van der Waals surface area contributed by atoms with Crippen molar-refractivity contribution in [2.75, 3.05) is 0 Å². The number of fused-ring (bicyclic) bond motifs is 1. The quantitative estimate of drug-likeness (QED) is 0.543. The third-order valence-corrected chi connectivity index (χ3v) is 4.56. The fourth-order valence-electron chi connectivity index (χ4n) is 3.05. The molecule has 7 heteroatoms. The lowest BCUT2D eigenvalue weighted by Crippen LogP contribution is -2.10. The fraction of sp³-hybridized carbons (Fsp3) is 0.0455. The molecule has 0 atom stereocenters. The minimum atomic E-state index is -0.834. The molecule has 3 aromatic carbocycles. The van der Waals surface area contributed by atoms with Crippen molar-refractivity contribution in [1.82, 2.24) is 10.2 Å². The number of hydrogen-bond donors (Lipinski definition) is 1. The van der Waals surface area contributed by atoms with E-state index in [1.165, 1.54) is 6.07 Å². The van der Waals surface area contributed by atoms with Crippen molar-refractivity contribution in [2.45, 2.75) is 6.92 Å². The number of nitrogens with zero attached hydrogens (tertiary/aromatic N) is 2. The monoisotopic (exact) mass is 391 g/mol. The van der Waals surface area contributed by atoms with Crippen molar-refractivity contribution < 1.29 is 18.3 Å². The molecule has 0 saturated carbocycles. The molecule has 5 nitrogen and oxygen atoms in total. The maximum absolute atomic E-state index is 13.9. The molecule has 0 unspecified atom stereocenters. The predicted octanol–water partition coefficient (Wildman–Crippen LogP) is 4.77. The first-order chi connectivity index (χ1) is 13.9. The van der Waals surface area contributed by atoms with Crippen LogP contribution in [0.1, 0.15) is 15.9 Å². The van der Waals surface area contributed by atoms with Gasteiger partial charge in [-0.15, -0.1) is 5.10 Å². The molecule has 0 fully saturated rings. The van der Waals surface area contributed by atoms with Crippen LogP contribution in [0.25, 0.3) is 21.9 Å². The Kier molecular flexibility index (Phi) is 4.64. The molecule has 144 valence electrons. The van der Waals surface area contributed by atoms with Crippen LogP contribution >= 0.6 is 0 Å². The molecule has 0 radical (unpaired) electrons. The predicted molar refractivity (Wildman–Crippen MR) is 105 cm³/mol. The van der Waals surface area contributed by atoms with E-state index < -0.39 is 17.5 Å². The second-order valence-electron chi connectivity index (χ2n) is 6.52. The zero-order valence-electron chi connectivity index (χ0n) is 15.3. The summed E-state index contributed by atoms with van der Waals surface area (Å²) in [5.41, 5.74) is 8.48. The van der Waals surface area contributed by atoms with E-state index in [1.54, 1.807) is 24.4 Å². The molecular formula is C22H15F2N3O2. The maximum atomic E-state index is 13.9. The van der Waals surface area contributed by atoms with E-state index in [-0.39, 0.29) is 11.6 Å². The van der Waals surface area contributed by atoms with Crippen LogP contribution in [0, 0.1) is 18.6 Å². The third kappa shape index (κ3) is 3.62. The molecule has 1 heterocycles. The first-order valence-corrected chi connectivity index (χ1v) is 8.71. The van der Waals surface area contributed by atoms with Gasteiger partial charge in [0.1, 0.15) is 5.82 Å². The van der Waals surface area contributed by atoms with Gasteiger partial charge in [-0.05, 0) is 60.0 Å². The first kappa shape index (κ1) is 18.5. The Hall–Kier alpha value is -3.87. The van der Waals surface area contributed by atoms with Crippen molar-refractivity contribution in [2.24, 2.45) is 5.73 Å². The second kappa shape index (κ2) is 7.27. The summed E-state index contributed by atoms with van der Waals surface area (Å²) in [6.07, 6.45) is 1.56. The number of aromatic nitrogens is 2. The van der Waals surface area contributed by atoms with Crippen LogP contribution in [0.5, 0.6) is 11.6 Å². The second-order valence-corrected chi connectivity index (χ2v) is 6.52. The number of carbonyl (C=O) groups is 1. The Morgan fingerprint density at radius 1 is 1.03 bits per heavy atom. The number of carbonyl (C=O) groups excluding carboxylic acids is 1. The maximum Gasteiger partial charge on any atom is 0.248 e. The highest BCUT2D eigenvalue weighted by atomic mass is 19.1. The molecule has 1 amide bonds. The smallest absolute Gasteiger partial charge is 0.248 e. The van der Waals surface area contributed by atoms with Gasteiger partial charge in [-0.2, -0.15) is 5.10 Å². The van der Waals surface area contributed by atoms with Crippen LogP contribution in [0.15, 0.2) is 60.8 Å². The number of benzene rings is 3. The van der Waals surface area contributed by atoms with E-state index in [0.29, 0.717) is 16.3 Å². The van der Waals surface area contributed by atoms with Gasteiger partial charge >= 0.3 is 0 Å². The molecule has 2 N–H and O–H groups in total. The van der Waals surface area contributed by atoms with E-state index in [0.717, 1.165) is 28.8 Å². The van der Waals surface area contributed by atoms with E-state index in [2.05, 4.69) is 10.2 Å². The Morgan fingerprint density at radius 2 is 1.86 bits per heavy atom. The van der Waals surface area contributed by atoms with Gasteiger partial charge < -0.3 is 10.5 Å². The van der Waals surface area contributed by atoms with Gasteiger partial charge in [-0.1, -0.05) is 12.1 Å². The normalized spacial score (nSPS) is 10.9. The van der Waals surface area contributed by atoms with Gasteiger partial charge in [0.05, 0.1) is 6.20 Å². The van der Waals surface area contributed by atoms with Gasteiger partial charge in [-0.3, -0.25) is 4.79 Å². The highest BCUT2D eigenvalue weighted by Gasteiger charge is 2.13. The lowest BCUT2D eigenvalue weighted by atomic mass is 9.96. The summed E-state index contributed by atoms with van der Waals surface area (Å²) < 4.78 is 32.5. The molecule has 29 heavy (non-hydrogen) atoms. The molecule has 0 aliphatic heterocycles. The average Bonchev–Trinajstić information content (AvgIpc) is 2.70. The van der Waals surface area contributed by atoms with Gasteiger partial charge in [-0.25, -0.2) is 8.78 Å². The summed E-state index contributed by atoms with van der Waals surface area (Å²) >= 11 is 0. The minimum absolute atomic E-state index is 0.0992. The Bertz CT molecular complexity index is 1260. The lowest BCUT2D eigenvalue weighted by Gasteiger charge is -2.11. The van der Waals surface area contributed by atoms with Gasteiger partial charge in [0.2, 0.25) is 11.8 Å². The van der Waals surface area contributed by atoms with E-state index in [1.807, 2.05) is 25.1 Å². The van der Waals surface area contributed by atoms with Crippen molar-refractivity contribution in [1.29, 1.82) is 0 Å². The van der Waals surface area contributed by atoms with Gasteiger partial charge in [0, 0.05) is 22.4 Å². The van der Waals surface area contributed by atoms with E-state index in [4.69, 9.17) is 10.5 Å². The Morgan fingerprint density at radius 3 is 2.62 bits per heavy atom. The van der Waals surface area contributed by atoms with Crippen LogP contribution in [0.3, 0.4) is 0 Å². The summed E-state index contributed by atoms with van der Waals surface area (Å²) in [5.74, 6) is -2.09. The molecule has 0 saturated heterocycles. The number of nitrogens with two attached hydrogens (primary N) is 1. The number of amides is 1. The minimum Gasteiger partial charge on any atom is -0.434 e. The van der Waals surface area contributed by atoms with Crippen molar-refractivity contribution in [3.63, 3.8) is 0 Å².